The first-order chi connectivity index (χ1) is 20.3. The maximum absolute atomic E-state index is 16.4. The summed E-state index contributed by atoms with van der Waals surface area (Å²) in [6.45, 7) is 6.52. The number of hydrogen-bond donors (Lipinski definition) is 1. The summed E-state index contributed by atoms with van der Waals surface area (Å²) < 4.78 is 92.2. The van der Waals surface area contributed by atoms with Crippen LogP contribution in [-0.2, 0) is 10.9 Å². The zero-order chi connectivity index (χ0) is 31.1. The Morgan fingerprint density at radius 2 is 1.60 bits per heavy atom. The van der Waals surface area contributed by atoms with E-state index in [0.29, 0.717) is 57.5 Å². The highest BCUT2D eigenvalue weighted by molar-refractivity contribution is 6.07. The largest absolute Gasteiger partial charge is 0.417 e. The second-order valence-corrected chi connectivity index (χ2v) is 10.7. The number of ether oxygens (including phenoxy) is 1. The smallest absolute Gasteiger partial charge is 0.378 e. The lowest BCUT2D eigenvalue weighted by Crippen LogP contribution is -2.55. The molecule has 230 valence electrons. The van der Waals surface area contributed by atoms with Crippen LogP contribution in [0.5, 0.6) is 0 Å². The summed E-state index contributed by atoms with van der Waals surface area (Å²) in [7, 11) is 1.91. The zero-order valence-electron chi connectivity index (χ0n) is 23.7. The fourth-order valence-corrected chi connectivity index (χ4v) is 5.35. The summed E-state index contributed by atoms with van der Waals surface area (Å²) >= 11 is 0. The summed E-state index contributed by atoms with van der Waals surface area (Å²) in [5.74, 6) is -4.36. The second kappa shape index (κ2) is 12.0. The Kier molecular flexibility index (Phi) is 8.52. The number of alkyl halides is 3. The van der Waals surface area contributed by atoms with Crippen LogP contribution < -0.4 is 15.1 Å². The molecule has 14 heteroatoms. The summed E-state index contributed by atoms with van der Waals surface area (Å²) in [5.41, 5.74) is -3.59. The molecule has 2 atom stereocenters. The number of piperazine rings is 1. The van der Waals surface area contributed by atoms with E-state index in [1.807, 2.05) is 25.8 Å². The fraction of sp³-hybridized carbons (Fsp3) is 0.414. The van der Waals surface area contributed by atoms with E-state index >= 15 is 8.78 Å². The van der Waals surface area contributed by atoms with Crippen LogP contribution >= 0.6 is 0 Å². The first-order valence-electron chi connectivity index (χ1n) is 13.7. The van der Waals surface area contributed by atoms with Gasteiger partial charge in [0.25, 0.3) is 5.91 Å². The number of nitrogens with one attached hydrogen (secondary N) is 1. The Morgan fingerprint density at radius 1 is 0.977 bits per heavy atom. The highest BCUT2D eigenvalue weighted by Gasteiger charge is 2.37. The van der Waals surface area contributed by atoms with Gasteiger partial charge in [-0.05, 0) is 39.1 Å². The number of aromatic nitrogens is 2. The van der Waals surface area contributed by atoms with Crippen molar-refractivity contribution in [3.8, 4) is 11.1 Å². The highest BCUT2D eigenvalue weighted by atomic mass is 19.4. The van der Waals surface area contributed by atoms with Crippen LogP contribution in [0.2, 0.25) is 0 Å². The minimum Gasteiger partial charge on any atom is -0.378 e. The van der Waals surface area contributed by atoms with Crippen LogP contribution in [0.4, 0.5) is 43.7 Å². The molecular formula is C29H30F6N6O2. The van der Waals surface area contributed by atoms with Crippen molar-refractivity contribution < 1.29 is 35.9 Å². The first-order valence-corrected chi connectivity index (χ1v) is 13.7. The lowest BCUT2D eigenvalue weighted by molar-refractivity contribution is -0.138. The van der Waals surface area contributed by atoms with Gasteiger partial charge >= 0.3 is 6.18 Å². The van der Waals surface area contributed by atoms with Gasteiger partial charge in [0.05, 0.1) is 35.6 Å². The molecule has 2 aliphatic rings. The third kappa shape index (κ3) is 6.25. The monoisotopic (exact) mass is 608 g/mol. The van der Waals surface area contributed by atoms with Gasteiger partial charge in [-0.3, -0.25) is 9.69 Å². The number of amides is 1. The summed E-state index contributed by atoms with van der Waals surface area (Å²) in [6.07, 6.45) is -2.58. The molecule has 2 saturated heterocycles. The van der Waals surface area contributed by atoms with E-state index in [2.05, 4.69) is 20.2 Å². The summed E-state index contributed by atoms with van der Waals surface area (Å²) in [4.78, 5) is 27.4. The SMILES string of the molecule is CC1CN(c2cc(F)c(-c3cnc(N4CCOCC4)nc3)c(F)c2NC(=O)c2ccc(F)cc2C(F)(F)F)CC(C)N1C. The van der Waals surface area contributed by atoms with Crippen molar-refractivity contribution in [1.29, 1.82) is 0 Å². The molecule has 0 radical (unpaired) electrons. The van der Waals surface area contributed by atoms with Crippen LogP contribution in [0, 0.1) is 17.5 Å². The van der Waals surface area contributed by atoms with Gasteiger partial charge in [0.2, 0.25) is 5.95 Å². The van der Waals surface area contributed by atoms with Crippen LogP contribution in [0.1, 0.15) is 29.8 Å². The van der Waals surface area contributed by atoms with Crippen molar-refractivity contribution in [2.75, 3.05) is 61.6 Å². The topological polar surface area (TPSA) is 73.8 Å². The predicted octanol–water partition coefficient (Wildman–Crippen LogP) is 5.20. The molecule has 0 saturated carbocycles. The summed E-state index contributed by atoms with van der Waals surface area (Å²) in [6, 6.07) is 2.52. The van der Waals surface area contributed by atoms with Gasteiger partial charge in [-0.2, -0.15) is 13.2 Å². The Labute approximate surface area is 244 Å². The molecule has 3 aromatic rings. The van der Waals surface area contributed by atoms with Gasteiger partial charge in [-0.15, -0.1) is 0 Å². The molecule has 2 fully saturated rings. The predicted molar refractivity (Wildman–Crippen MR) is 149 cm³/mol. The van der Waals surface area contributed by atoms with E-state index < -0.39 is 51.9 Å². The second-order valence-electron chi connectivity index (χ2n) is 10.7. The van der Waals surface area contributed by atoms with E-state index in [0.717, 1.165) is 6.07 Å². The standard InChI is InChI=1S/C29H30F6N6O2/c1-16-14-41(15-17(2)39(16)3)23-11-22(31)24(18-12-36-28(37-13-18)40-6-8-43-9-7-40)25(32)26(23)38-27(42)20-5-4-19(30)10-21(20)29(33,34)35/h4-5,10-13,16-17H,6-9,14-15H2,1-3H3,(H,38,42). The van der Waals surface area contributed by atoms with Crippen molar-refractivity contribution in [2.45, 2.75) is 32.1 Å². The quantitative estimate of drug-likeness (QED) is 0.400. The number of carbonyl (C=O) groups excluding carboxylic acids is 1. The Bertz CT molecular complexity index is 1480. The zero-order valence-corrected chi connectivity index (χ0v) is 23.7. The van der Waals surface area contributed by atoms with Crippen LogP contribution in [0.3, 0.4) is 0 Å². The number of nitrogens with zero attached hydrogens (tertiary/aromatic N) is 5. The number of hydrogen-bond acceptors (Lipinski definition) is 7. The molecule has 1 N–H and O–H groups in total. The number of rotatable bonds is 5. The average molecular weight is 609 g/mol. The van der Waals surface area contributed by atoms with Gasteiger partial charge in [0.15, 0.2) is 5.82 Å². The molecule has 2 unspecified atom stereocenters. The van der Waals surface area contributed by atoms with Gasteiger partial charge in [0.1, 0.15) is 17.3 Å². The minimum absolute atomic E-state index is 0.0352. The third-order valence-electron chi connectivity index (χ3n) is 7.89. The highest BCUT2D eigenvalue weighted by Crippen LogP contribution is 2.40. The van der Waals surface area contributed by atoms with Gasteiger partial charge < -0.3 is 19.9 Å². The van der Waals surface area contributed by atoms with Gasteiger partial charge in [-0.25, -0.2) is 23.1 Å². The molecule has 1 aromatic heterocycles. The first kappa shape index (κ1) is 30.5. The number of halogens is 6. The number of benzene rings is 2. The maximum Gasteiger partial charge on any atom is 0.417 e. The lowest BCUT2D eigenvalue weighted by atomic mass is 10.0. The van der Waals surface area contributed by atoms with Crippen molar-refractivity contribution in [3.05, 3.63) is 65.2 Å². The average Bonchev–Trinajstić information content (AvgIpc) is 2.97. The van der Waals surface area contributed by atoms with E-state index in [4.69, 9.17) is 4.74 Å². The van der Waals surface area contributed by atoms with Crippen molar-refractivity contribution in [1.82, 2.24) is 14.9 Å². The molecule has 8 nitrogen and oxygen atoms in total. The number of carbonyl (C=O) groups is 1. The number of anilines is 3. The van der Waals surface area contributed by atoms with E-state index in [1.165, 1.54) is 12.4 Å². The van der Waals surface area contributed by atoms with E-state index in [-0.39, 0.29) is 29.4 Å². The van der Waals surface area contributed by atoms with Crippen LogP contribution in [0.15, 0.2) is 36.7 Å². The Hall–Kier alpha value is -3.91. The van der Waals surface area contributed by atoms with Crippen LogP contribution in [0.25, 0.3) is 11.1 Å². The van der Waals surface area contributed by atoms with Gasteiger partial charge in [-0.1, -0.05) is 0 Å². The van der Waals surface area contributed by atoms with E-state index in [1.54, 1.807) is 4.90 Å². The number of likely N-dealkylation sites (N-methyl/N-ethyl adjacent to an activating group) is 1. The molecule has 5 rings (SSSR count). The Balaban J connectivity index is 1.59. The molecule has 43 heavy (non-hydrogen) atoms. The van der Waals surface area contributed by atoms with Crippen molar-refractivity contribution >= 4 is 23.2 Å². The lowest BCUT2D eigenvalue weighted by Gasteiger charge is -2.44. The molecular weight excluding hydrogens is 578 g/mol. The maximum atomic E-state index is 16.4. The third-order valence-corrected chi connectivity index (χ3v) is 7.89. The molecule has 0 spiro atoms. The molecule has 1 amide bonds. The minimum atomic E-state index is -5.06. The molecule has 2 aromatic carbocycles. The normalized spacial score (nSPS) is 19.9. The van der Waals surface area contributed by atoms with Gasteiger partial charge in [0, 0.05) is 62.3 Å². The molecule has 3 heterocycles. The molecule has 2 aliphatic heterocycles. The van der Waals surface area contributed by atoms with Crippen molar-refractivity contribution in [2.24, 2.45) is 0 Å². The molecule has 0 aliphatic carbocycles. The molecule has 0 bridgehead atoms. The van der Waals surface area contributed by atoms with Crippen molar-refractivity contribution in [3.63, 3.8) is 0 Å². The Morgan fingerprint density at radius 3 is 2.21 bits per heavy atom. The fourth-order valence-electron chi connectivity index (χ4n) is 5.35. The van der Waals surface area contributed by atoms with Crippen LogP contribution in [-0.4, -0.2) is 79.3 Å². The summed E-state index contributed by atoms with van der Waals surface area (Å²) in [5, 5.41) is 2.24. The van der Waals surface area contributed by atoms with E-state index in [9.17, 15) is 22.4 Å². The number of morpholine rings is 1.